The number of nitro benzene ring substituents is 1. The standard InChI is InChI=1S/C17H18ClN3O5/c1-25-15-10-16(26-2)13(9-11(15)18)20-17(22)7-8-19-12-5-3-4-6-14(12)21(23)24/h3-6,9-10,19H,7-8H2,1-2H3,(H,20,22). The van der Waals surface area contributed by atoms with Crippen LogP contribution in [0.3, 0.4) is 0 Å². The van der Waals surface area contributed by atoms with Gasteiger partial charge in [0.2, 0.25) is 5.91 Å². The summed E-state index contributed by atoms with van der Waals surface area (Å²) in [6.07, 6.45) is 0.0961. The van der Waals surface area contributed by atoms with Crippen molar-refractivity contribution in [2.45, 2.75) is 6.42 Å². The van der Waals surface area contributed by atoms with Gasteiger partial charge in [-0.2, -0.15) is 0 Å². The Hall–Kier alpha value is -3.00. The number of ether oxygens (including phenoxy) is 2. The summed E-state index contributed by atoms with van der Waals surface area (Å²) in [6.45, 7) is 0.225. The summed E-state index contributed by atoms with van der Waals surface area (Å²) < 4.78 is 10.3. The highest BCUT2D eigenvalue weighted by Gasteiger charge is 2.14. The van der Waals surface area contributed by atoms with E-state index in [2.05, 4.69) is 10.6 Å². The lowest BCUT2D eigenvalue weighted by atomic mass is 10.2. The number of nitro groups is 1. The maximum absolute atomic E-state index is 12.1. The molecule has 26 heavy (non-hydrogen) atoms. The Morgan fingerprint density at radius 2 is 1.85 bits per heavy atom. The van der Waals surface area contributed by atoms with E-state index in [4.69, 9.17) is 21.1 Å². The van der Waals surface area contributed by atoms with Crippen LogP contribution in [-0.4, -0.2) is 31.6 Å². The number of hydrogen-bond acceptors (Lipinski definition) is 6. The van der Waals surface area contributed by atoms with Crippen molar-refractivity contribution in [3.05, 3.63) is 51.5 Å². The molecule has 0 aliphatic rings. The number of methoxy groups -OCH3 is 2. The second-order valence-corrected chi connectivity index (χ2v) is 5.59. The fourth-order valence-corrected chi connectivity index (χ4v) is 2.50. The molecule has 0 radical (unpaired) electrons. The molecule has 1 amide bonds. The van der Waals surface area contributed by atoms with Gasteiger partial charge in [0.25, 0.3) is 5.69 Å². The van der Waals surface area contributed by atoms with E-state index in [-0.39, 0.29) is 24.6 Å². The highest BCUT2D eigenvalue weighted by molar-refractivity contribution is 6.32. The summed E-state index contributed by atoms with van der Waals surface area (Å²) in [5.74, 6) is 0.543. The first-order valence-corrected chi connectivity index (χ1v) is 8.02. The summed E-state index contributed by atoms with van der Waals surface area (Å²) in [4.78, 5) is 22.6. The van der Waals surface area contributed by atoms with E-state index in [0.717, 1.165) is 0 Å². The van der Waals surface area contributed by atoms with Gasteiger partial charge >= 0.3 is 0 Å². The zero-order chi connectivity index (χ0) is 19.1. The van der Waals surface area contributed by atoms with Crippen molar-refractivity contribution in [3.63, 3.8) is 0 Å². The number of hydrogen-bond donors (Lipinski definition) is 2. The second-order valence-electron chi connectivity index (χ2n) is 5.19. The molecule has 2 aromatic rings. The minimum absolute atomic E-state index is 0.0449. The molecule has 0 aromatic heterocycles. The Balaban J connectivity index is 1.98. The van der Waals surface area contributed by atoms with Gasteiger partial charge in [-0.15, -0.1) is 0 Å². The van der Waals surface area contributed by atoms with Gasteiger partial charge in [0.05, 0.1) is 29.9 Å². The van der Waals surface area contributed by atoms with Gasteiger partial charge in [-0.05, 0) is 12.1 Å². The minimum atomic E-state index is -0.480. The largest absolute Gasteiger partial charge is 0.495 e. The van der Waals surface area contributed by atoms with Crippen LogP contribution < -0.4 is 20.1 Å². The van der Waals surface area contributed by atoms with Crippen molar-refractivity contribution in [2.75, 3.05) is 31.4 Å². The number of nitrogens with zero attached hydrogens (tertiary/aromatic N) is 1. The molecule has 0 fully saturated rings. The van der Waals surface area contributed by atoms with E-state index < -0.39 is 4.92 Å². The van der Waals surface area contributed by atoms with Crippen LogP contribution in [0.5, 0.6) is 11.5 Å². The van der Waals surface area contributed by atoms with Crippen molar-refractivity contribution < 1.29 is 19.2 Å². The molecular formula is C17H18ClN3O5. The quantitative estimate of drug-likeness (QED) is 0.535. The molecular weight excluding hydrogens is 362 g/mol. The predicted molar refractivity (Wildman–Crippen MR) is 99.4 cm³/mol. The molecule has 0 saturated heterocycles. The average molecular weight is 380 g/mol. The van der Waals surface area contributed by atoms with Crippen LogP contribution in [0, 0.1) is 10.1 Å². The summed E-state index contributed by atoms with van der Waals surface area (Å²) >= 11 is 6.07. The number of halogens is 1. The Kier molecular flexibility index (Phi) is 6.62. The minimum Gasteiger partial charge on any atom is -0.495 e. The van der Waals surface area contributed by atoms with E-state index in [9.17, 15) is 14.9 Å². The third-order valence-corrected chi connectivity index (χ3v) is 3.81. The highest BCUT2D eigenvalue weighted by atomic mass is 35.5. The first kappa shape index (κ1) is 19.3. The van der Waals surface area contributed by atoms with Crippen LogP contribution in [0.15, 0.2) is 36.4 Å². The summed E-state index contributed by atoms with van der Waals surface area (Å²) in [7, 11) is 2.95. The zero-order valence-corrected chi connectivity index (χ0v) is 15.0. The number of amides is 1. The molecule has 0 saturated carbocycles. The number of rotatable bonds is 8. The SMILES string of the molecule is COc1cc(OC)c(NC(=O)CCNc2ccccc2[N+](=O)[O-])cc1Cl. The second kappa shape index (κ2) is 8.91. The van der Waals surface area contributed by atoms with Crippen LogP contribution in [0.1, 0.15) is 6.42 Å². The van der Waals surface area contributed by atoms with Crippen LogP contribution in [-0.2, 0) is 4.79 Å². The van der Waals surface area contributed by atoms with Crippen LogP contribution in [0.4, 0.5) is 17.1 Å². The zero-order valence-electron chi connectivity index (χ0n) is 14.2. The van der Waals surface area contributed by atoms with Crippen molar-refractivity contribution in [1.29, 1.82) is 0 Å². The van der Waals surface area contributed by atoms with Crippen LogP contribution >= 0.6 is 11.6 Å². The Bertz CT molecular complexity index is 813. The van der Waals surface area contributed by atoms with Gasteiger partial charge in [-0.1, -0.05) is 23.7 Å². The van der Waals surface area contributed by atoms with Crippen LogP contribution in [0.25, 0.3) is 0 Å². The molecule has 0 bridgehead atoms. The highest BCUT2D eigenvalue weighted by Crippen LogP contribution is 2.35. The van der Waals surface area contributed by atoms with Crippen molar-refractivity contribution in [3.8, 4) is 11.5 Å². The molecule has 2 aromatic carbocycles. The first-order chi connectivity index (χ1) is 12.5. The van der Waals surface area contributed by atoms with Gasteiger partial charge in [-0.25, -0.2) is 0 Å². The van der Waals surface area contributed by atoms with Crippen molar-refractivity contribution >= 4 is 34.6 Å². The lowest BCUT2D eigenvalue weighted by Crippen LogP contribution is -2.17. The first-order valence-electron chi connectivity index (χ1n) is 7.65. The van der Waals surface area contributed by atoms with Crippen molar-refractivity contribution in [1.82, 2.24) is 0 Å². The smallest absolute Gasteiger partial charge is 0.292 e. The molecule has 0 heterocycles. The summed E-state index contributed by atoms with van der Waals surface area (Å²) in [6, 6.07) is 9.35. The van der Waals surface area contributed by atoms with Gasteiger partial charge in [0.15, 0.2) is 0 Å². The molecule has 2 N–H and O–H groups in total. The molecule has 0 unspecified atom stereocenters. The molecule has 2 rings (SSSR count). The normalized spacial score (nSPS) is 10.1. The fourth-order valence-electron chi connectivity index (χ4n) is 2.26. The maximum Gasteiger partial charge on any atom is 0.292 e. The number of benzene rings is 2. The number of para-hydroxylation sites is 2. The van der Waals surface area contributed by atoms with Gasteiger partial charge in [-0.3, -0.25) is 14.9 Å². The van der Waals surface area contributed by atoms with E-state index in [1.807, 2.05) is 0 Å². The van der Waals surface area contributed by atoms with Gasteiger partial charge < -0.3 is 20.1 Å². The topological polar surface area (TPSA) is 103 Å². The Morgan fingerprint density at radius 3 is 2.50 bits per heavy atom. The Labute approximate surface area is 155 Å². The number of carbonyl (C=O) groups is 1. The molecule has 0 atom stereocenters. The van der Waals surface area contributed by atoms with E-state index in [0.29, 0.717) is 27.9 Å². The molecule has 0 spiro atoms. The molecule has 0 aliphatic heterocycles. The summed E-state index contributed by atoms with van der Waals surface area (Å²) in [5, 5.41) is 16.9. The molecule has 138 valence electrons. The van der Waals surface area contributed by atoms with E-state index in [1.165, 1.54) is 26.4 Å². The Morgan fingerprint density at radius 1 is 1.15 bits per heavy atom. The third-order valence-electron chi connectivity index (χ3n) is 3.52. The third kappa shape index (κ3) is 4.76. The maximum atomic E-state index is 12.1. The van der Waals surface area contributed by atoms with E-state index in [1.54, 1.807) is 24.3 Å². The van der Waals surface area contributed by atoms with Crippen molar-refractivity contribution in [2.24, 2.45) is 0 Å². The number of nitrogens with one attached hydrogen (secondary N) is 2. The molecule has 8 nitrogen and oxygen atoms in total. The predicted octanol–water partition coefficient (Wildman–Crippen LogP) is 3.71. The lowest BCUT2D eigenvalue weighted by Gasteiger charge is -2.13. The fraction of sp³-hybridized carbons (Fsp3) is 0.235. The van der Waals surface area contributed by atoms with Crippen LogP contribution in [0.2, 0.25) is 5.02 Å². The van der Waals surface area contributed by atoms with Gasteiger partial charge in [0, 0.05) is 25.1 Å². The molecule has 9 heteroatoms. The molecule has 0 aliphatic carbocycles. The summed E-state index contributed by atoms with van der Waals surface area (Å²) in [5.41, 5.74) is 0.723. The van der Waals surface area contributed by atoms with E-state index >= 15 is 0 Å². The number of anilines is 2. The number of carbonyl (C=O) groups excluding carboxylic acids is 1. The monoisotopic (exact) mass is 379 g/mol. The van der Waals surface area contributed by atoms with Gasteiger partial charge in [0.1, 0.15) is 17.2 Å². The average Bonchev–Trinajstić information content (AvgIpc) is 2.62. The lowest BCUT2D eigenvalue weighted by molar-refractivity contribution is -0.384.